The van der Waals surface area contributed by atoms with Crippen LogP contribution in [0.25, 0.3) is 0 Å². The molecule has 0 aliphatic heterocycles. The molecule has 4 nitrogen and oxygen atoms in total. The average Bonchev–Trinajstić information content (AvgIpc) is 2.98. The number of rotatable bonds is 8. The van der Waals surface area contributed by atoms with Crippen LogP contribution in [0.4, 0.5) is 26.3 Å². The van der Waals surface area contributed by atoms with Crippen LogP contribution in [0.3, 0.4) is 0 Å². The summed E-state index contributed by atoms with van der Waals surface area (Å²) in [6, 6.07) is 0. The van der Waals surface area contributed by atoms with Crippen molar-refractivity contribution in [3.8, 4) is 0 Å². The van der Waals surface area contributed by atoms with Gasteiger partial charge in [0.1, 0.15) is 14.3 Å². The van der Waals surface area contributed by atoms with Crippen molar-refractivity contribution < 1.29 is 95.1 Å². The van der Waals surface area contributed by atoms with Gasteiger partial charge in [-0.1, -0.05) is 77.0 Å². The van der Waals surface area contributed by atoms with Gasteiger partial charge in [-0.15, -0.1) is 0 Å². The van der Waals surface area contributed by atoms with Crippen LogP contribution in [0.15, 0.2) is 0 Å². The normalized spacial score (nSPS) is 24.4. The molecule has 0 aromatic heterocycles. The molecule has 4 saturated carbocycles. The van der Waals surface area contributed by atoms with Gasteiger partial charge in [0.15, 0.2) is 12.2 Å². The maximum Gasteiger partial charge on any atom is 0.414 e. The minimum Gasteiger partial charge on any atom is -0.384 e. The Morgan fingerprint density at radius 1 is 0.488 bits per heavy atom. The molecule has 0 aromatic carbocycles. The third-order valence-electron chi connectivity index (χ3n) is 10.4. The molecule has 4 aliphatic rings. The van der Waals surface area contributed by atoms with Crippen LogP contribution in [0.5, 0.6) is 0 Å². The Balaban J connectivity index is 0.000000394. The Kier molecular flexibility index (Phi) is 17.4. The van der Waals surface area contributed by atoms with Gasteiger partial charge < -0.3 is 19.3 Å². The molecule has 2 N–H and O–H groups in total. The van der Waals surface area contributed by atoms with Gasteiger partial charge in [0, 0.05) is 78.4 Å². The molecule has 0 heterocycles. The van der Waals surface area contributed by atoms with Gasteiger partial charge in [0.2, 0.25) is 0 Å². The van der Waals surface area contributed by atoms with E-state index < -0.39 is 45.3 Å². The quantitative estimate of drug-likeness (QED) is 0.189. The van der Waals surface area contributed by atoms with E-state index in [1.165, 1.54) is 128 Å². The average molecular weight is 805 g/mol. The Morgan fingerprint density at radius 2 is 0.698 bits per heavy atom. The number of aliphatic hydroxyl groups excluding tert-OH is 2. The van der Waals surface area contributed by atoms with Gasteiger partial charge in [-0.05, 0) is 51.4 Å². The molecule has 13 heteroatoms. The SMILES string of the molecule is O=P(CP(=O)(C1CCCCC1)C1CCCCC1)(C1CCCCC1)C1CCCCC1.OC(CC(O)C(F)(F)F)C(F)(F)F.[Eu]. The zero-order chi connectivity index (χ0) is 31.0. The summed E-state index contributed by atoms with van der Waals surface area (Å²) in [5, 5.41) is 16.3. The Hall–Kier alpha value is 1.54. The smallest absolute Gasteiger partial charge is 0.384 e. The number of halogens is 6. The maximum atomic E-state index is 15.1. The van der Waals surface area contributed by atoms with Crippen molar-refractivity contribution in [2.24, 2.45) is 0 Å². The first-order valence-electron chi connectivity index (χ1n) is 16.3. The summed E-state index contributed by atoms with van der Waals surface area (Å²) in [5.41, 5.74) is 1.67. The first-order chi connectivity index (χ1) is 19.7. The van der Waals surface area contributed by atoms with Crippen LogP contribution in [0.2, 0.25) is 0 Å². The van der Waals surface area contributed by atoms with E-state index in [1.807, 2.05) is 0 Å². The zero-order valence-corrected chi connectivity index (χ0v) is 29.5. The molecule has 43 heavy (non-hydrogen) atoms. The molecule has 0 amide bonds. The monoisotopic (exact) mass is 805 g/mol. The number of alkyl halides is 6. The minimum atomic E-state index is -5.15. The molecule has 2 unspecified atom stereocenters. The molecule has 2 atom stereocenters. The fourth-order valence-corrected chi connectivity index (χ4v) is 20.6. The van der Waals surface area contributed by atoms with Gasteiger partial charge in [-0.25, -0.2) is 0 Å². The van der Waals surface area contributed by atoms with Crippen molar-refractivity contribution in [1.29, 1.82) is 0 Å². The third kappa shape index (κ3) is 11.9. The van der Waals surface area contributed by atoms with E-state index in [1.54, 1.807) is 0 Å². The third-order valence-corrected chi connectivity index (χ3v) is 21.0. The van der Waals surface area contributed by atoms with Crippen LogP contribution >= 0.6 is 14.3 Å². The summed E-state index contributed by atoms with van der Waals surface area (Å²) in [6.07, 6.45) is 6.33. The Labute approximate surface area is 295 Å². The second-order valence-corrected chi connectivity index (χ2v) is 20.8. The minimum absolute atomic E-state index is 0. The summed E-state index contributed by atoms with van der Waals surface area (Å²) in [5.74, 6) is 0.699. The molecule has 255 valence electrons. The van der Waals surface area contributed by atoms with Crippen LogP contribution in [0.1, 0.15) is 135 Å². The van der Waals surface area contributed by atoms with Crippen molar-refractivity contribution in [1.82, 2.24) is 0 Å². The number of hydrogen-bond donors (Lipinski definition) is 2. The van der Waals surface area contributed by atoms with Crippen LogP contribution in [0, 0.1) is 49.4 Å². The summed E-state index contributed by atoms with van der Waals surface area (Å²) < 4.78 is 98.9. The second-order valence-electron chi connectivity index (χ2n) is 13.4. The van der Waals surface area contributed by atoms with Crippen molar-refractivity contribution in [2.45, 2.75) is 182 Å². The van der Waals surface area contributed by atoms with Crippen molar-refractivity contribution >= 4 is 14.3 Å². The summed E-state index contributed by atoms with van der Waals surface area (Å²) in [4.78, 5) is 0. The maximum absolute atomic E-state index is 15.1. The van der Waals surface area contributed by atoms with Crippen LogP contribution in [-0.4, -0.2) is 63.3 Å². The van der Waals surface area contributed by atoms with Gasteiger partial charge in [0.25, 0.3) is 0 Å². The van der Waals surface area contributed by atoms with E-state index in [0.29, 0.717) is 28.5 Å². The standard InChI is InChI=1S/C25H46O2P2.C5H6F6O2.Eu/c26-28(22-13-5-1-6-14-22,23-15-7-2-8-16-23)21-29(27,24-17-9-3-10-18-24)25-19-11-4-12-20-25;6-4(7,8)2(12)1-3(13)5(9,10)11;/h22-25H,1-21H2;2-3,12-13H,1H2;. The summed E-state index contributed by atoms with van der Waals surface area (Å²) in [7, 11) is -4.78. The summed E-state index contributed by atoms with van der Waals surface area (Å²) in [6.45, 7) is 0. The van der Waals surface area contributed by atoms with Gasteiger partial charge >= 0.3 is 12.4 Å². The summed E-state index contributed by atoms with van der Waals surface area (Å²) >= 11 is 0. The Bertz CT molecular complexity index is 780. The fourth-order valence-electron chi connectivity index (χ4n) is 7.95. The van der Waals surface area contributed by atoms with E-state index in [0.717, 1.165) is 0 Å². The molecule has 0 bridgehead atoms. The molecule has 0 aromatic rings. The molecule has 4 aliphatic carbocycles. The van der Waals surface area contributed by atoms with E-state index in [4.69, 9.17) is 10.2 Å². The zero-order valence-electron chi connectivity index (χ0n) is 25.3. The topological polar surface area (TPSA) is 74.6 Å². The fraction of sp³-hybridized carbons (Fsp3) is 1.00. The van der Waals surface area contributed by atoms with E-state index >= 15 is 9.13 Å². The van der Waals surface area contributed by atoms with E-state index in [-0.39, 0.29) is 49.4 Å². The second kappa shape index (κ2) is 18.3. The van der Waals surface area contributed by atoms with Gasteiger partial charge in [-0.2, -0.15) is 26.3 Å². The number of hydrogen-bond acceptors (Lipinski definition) is 4. The first kappa shape index (κ1) is 40.7. The molecule has 0 spiro atoms. The largest absolute Gasteiger partial charge is 0.414 e. The van der Waals surface area contributed by atoms with Crippen molar-refractivity contribution in [3.05, 3.63) is 0 Å². The van der Waals surface area contributed by atoms with E-state index in [9.17, 15) is 26.3 Å². The van der Waals surface area contributed by atoms with E-state index in [2.05, 4.69) is 0 Å². The molecular weight excluding hydrogens is 752 g/mol. The van der Waals surface area contributed by atoms with Crippen LogP contribution in [-0.2, 0) is 9.13 Å². The Morgan fingerprint density at radius 3 is 0.884 bits per heavy atom. The predicted molar refractivity (Wildman–Crippen MR) is 156 cm³/mol. The predicted octanol–water partition coefficient (Wildman–Crippen LogP) is 10.2. The van der Waals surface area contributed by atoms with Crippen molar-refractivity contribution in [2.75, 3.05) is 5.90 Å². The molecular formula is C30H52EuF6O4P2. The van der Waals surface area contributed by atoms with Crippen LogP contribution < -0.4 is 0 Å². The molecule has 1 radical (unpaired) electrons. The number of aliphatic hydroxyl groups is 2. The molecule has 0 saturated heterocycles. The molecule has 4 rings (SSSR count). The molecule has 4 fully saturated rings. The first-order valence-corrected chi connectivity index (χ1v) is 20.4. The van der Waals surface area contributed by atoms with Crippen molar-refractivity contribution in [3.63, 3.8) is 0 Å². The van der Waals surface area contributed by atoms with Gasteiger partial charge in [-0.3, -0.25) is 0 Å². The van der Waals surface area contributed by atoms with Gasteiger partial charge in [0.05, 0.1) is 5.90 Å².